The van der Waals surface area contributed by atoms with Crippen molar-refractivity contribution in [3.8, 4) is 11.6 Å². The predicted molar refractivity (Wildman–Crippen MR) is 150 cm³/mol. The molecule has 5 rings (SSSR count). The van der Waals surface area contributed by atoms with E-state index in [2.05, 4.69) is 10.3 Å². The van der Waals surface area contributed by atoms with Gasteiger partial charge in [-0.25, -0.2) is 4.98 Å². The lowest BCUT2D eigenvalue weighted by Crippen LogP contribution is -2.46. The van der Waals surface area contributed by atoms with Crippen LogP contribution in [0, 0.1) is 6.92 Å². The first-order valence-electron chi connectivity index (χ1n) is 12.2. The monoisotopic (exact) mass is 551 g/mol. The molecule has 1 fully saturated rings. The summed E-state index contributed by atoms with van der Waals surface area (Å²) in [5, 5.41) is 4.89. The lowest BCUT2D eigenvalue weighted by atomic mass is 10.1. The number of benzene rings is 2. The van der Waals surface area contributed by atoms with Gasteiger partial charge in [-0.05, 0) is 55.0 Å². The molecule has 0 bridgehead atoms. The van der Waals surface area contributed by atoms with E-state index in [0.717, 1.165) is 29.6 Å². The van der Waals surface area contributed by atoms with E-state index < -0.39 is 0 Å². The third-order valence-corrected chi connectivity index (χ3v) is 7.49. The van der Waals surface area contributed by atoms with Gasteiger partial charge in [-0.2, -0.15) is 0 Å². The summed E-state index contributed by atoms with van der Waals surface area (Å²) in [5.41, 5.74) is 3.47. The molecule has 2 aromatic heterocycles. The molecule has 1 aliphatic heterocycles. The molecule has 4 aromatic rings. The summed E-state index contributed by atoms with van der Waals surface area (Å²) in [6.07, 6.45) is 1.60. The predicted octanol–water partition coefficient (Wildman–Crippen LogP) is 5.30. The molecule has 0 atom stereocenters. The Balaban J connectivity index is 1.34. The molecule has 3 heterocycles. The third kappa shape index (κ3) is 5.07. The van der Waals surface area contributed by atoms with E-state index in [1.807, 2.05) is 47.7 Å². The molecule has 2 aromatic carbocycles. The van der Waals surface area contributed by atoms with Crippen molar-refractivity contribution < 1.29 is 14.3 Å². The van der Waals surface area contributed by atoms with Gasteiger partial charge in [-0.15, -0.1) is 0 Å². The van der Waals surface area contributed by atoms with Crippen LogP contribution in [0.3, 0.4) is 0 Å². The zero-order chi connectivity index (χ0) is 27.0. The van der Waals surface area contributed by atoms with Crippen molar-refractivity contribution in [1.82, 2.24) is 19.8 Å². The van der Waals surface area contributed by atoms with E-state index in [0.29, 0.717) is 51.7 Å². The molecule has 196 valence electrons. The number of ether oxygens (including phenoxy) is 1. The van der Waals surface area contributed by atoms with Crippen LogP contribution in [-0.4, -0.2) is 59.5 Å². The summed E-state index contributed by atoms with van der Waals surface area (Å²) in [4.78, 5) is 33.8. The number of hydrogen-bond donors (Lipinski definition) is 1. The Morgan fingerprint density at radius 3 is 2.50 bits per heavy atom. The maximum Gasteiger partial charge on any atom is 0.270 e. The van der Waals surface area contributed by atoms with E-state index in [1.54, 1.807) is 37.5 Å². The molecule has 0 unspecified atom stereocenters. The molecule has 38 heavy (non-hydrogen) atoms. The van der Waals surface area contributed by atoms with Crippen molar-refractivity contribution in [2.75, 3.05) is 38.1 Å². The number of hydrogen-bond acceptors (Lipinski definition) is 5. The Bertz CT molecular complexity index is 1550. The number of carbonyl (C=O) groups is 2. The van der Waals surface area contributed by atoms with Gasteiger partial charge in [-0.1, -0.05) is 23.2 Å². The van der Waals surface area contributed by atoms with Crippen LogP contribution in [0.2, 0.25) is 10.0 Å². The molecule has 1 N–H and O–H groups in total. The first kappa shape index (κ1) is 26.0. The number of rotatable bonds is 5. The number of nitrogens with one attached hydrogen (secondary N) is 1. The van der Waals surface area contributed by atoms with Gasteiger partial charge in [0.05, 0.1) is 21.9 Å². The average molecular weight is 552 g/mol. The van der Waals surface area contributed by atoms with E-state index in [9.17, 15) is 9.59 Å². The highest BCUT2D eigenvalue weighted by Gasteiger charge is 2.22. The Hall–Kier alpha value is -3.59. The van der Waals surface area contributed by atoms with Crippen LogP contribution >= 0.6 is 23.2 Å². The Labute approximate surface area is 230 Å². The average Bonchev–Trinajstić information content (AvgIpc) is 3.25. The molecule has 0 radical (unpaired) electrons. The number of piperazine rings is 1. The van der Waals surface area contributed by atoms with Crippen molar-refractivity contribution in [2.24, 2.45) is 7.05 Å². The molecular weight excluding hydrogens is 525 g/mol. The Morgan fingerprint density at radius 1 is 1.03 bits per heavy atom. The smallest absolute Gasteiger partial charge is 0.270 e. The first-order valence-corrected chi connectivity index (χ1v) is 13.0. The summed E-state index contributed by atoms with van der Waals surface area (Å²) in [6.45, 7) is 4.89. The van der Waals surface area contributed by atoms with Gasteiger partial charge >= 0.3 is 0 Å². The quantitative estimate of drug-likeness (QED) is 0.364. The maximum absolute atomic E-state index is 13.1. The number of anilines is 1. The minimum absolute atomic E-state index is 0.0279. The van der Waals surface area contributed by atoms with Gasteiger partial charge in [0, 0.05) is 62.8 Å². The standard InChI is InChI=1S/C28H27Cl2N5O3/c1-17-12-26(32-16-25(17)34(3)27(36)18-4-6-21(29)22(30)14-18)38-20-5-7-23-19(13-20)15-24(33(23)2)28(37)35-10-8-31-9-11-35/h4-7,12-16,31H,8-11H2,1-3H3. The van der Waals surface area contributed by atoms with Crippen LogP contribution in [-0.2, 0) is 7.05 Å². The second kappa shape index (κ2) is 10.6. The number of carbonyl (C=O) groups excluding carboxylic acids is 2. The van der Waals surface area contributed by atoms with Crippen LogP contribution < -0.4 is 15.0 Å². The first-order chi connectivity index (χ1) is 18.2. The van der Waals surface area contributed by atoms with Gasteiger partial charge in [0.25, 0.3) is 11.8 Å². The minimum Gasteiger partial charge on any atom is -0.439 e. The second-order valence-electron chi connectivity index (χ2n) is 9.26. The molecule has 1 saturated heterocycles. The van der Waals surface area contributed by atoms with E-state index in [1.165, 1.54) is 4.90 Å². The number of halogens is 2. The lowest BCUT2D eigenvalue weighted by Gasteiger charge is -2.27. The molecule has 0 spiro atoms. The summed E-state index contributed by atoms with van der Waals surface area (Å²) >= 11 is 12.1. The molecule has 8 nitrogen and oxygen atoms in total. The largest absolute Gasteiger partial charge is 0.439 e. The van der Waals surface area contributed by atoms with Gasteiger partial charge in [0.1, 0.15) is 11.4 Å². The number of nitrogens with zero attached hydrogens (tertiary/aromatic N) is 4. The molecule has 0 aliphatic carbocycles. The fourth-order valence-corrected chi connectivity index (χ4v) is 4.91. The molecule has 0 saturated carbocycles. The van der Waals surface area contributed by atoms with Crippen LogP contribution in [0.1, 0.15) is 26.4 Å². The van der Waals surface area contributed by atoms with Crippen molar-refractivity contribution in [3.63, 3.8) is 0 Å². The molecule has 1 aliphatic rings. The fourth-order valence-electron chi connectivity index (χ4n) is 4.61. The third-order valence-electron chi connectivity index (χ3n) is 6.75. The number of aromatic nitrogens is 2. The van der Waals surface area contributed by atoms with E-state index in [4.69, 9.17) is 27.9 Å². The molecule has 10 heteroatoms. The van der Waals surface area contributed by atoms with Gasteiger partial charge in [-0.3, -0.25) is 9.59 Å². The zero-order valence-electron chi connectivity index (χ0n) is 21.3. The highest BCUT2D eigenvalue weighted by atomic mass is 35.5. The Morgan fingerprint density at radius 2 is 1.79 bits per heavy atom. The highest BCUT2D eigenvalue weighted by molar-refractivity contribution is 6.42. The van der Waals surface area contributed by atoms with Crippen molar-refractivity contribution in [1.29, 1.82) is 0 Å². The number of amides is 2. The maximum atomic E-state index is 13.1. The molecule has 2 amide bonds. The topological polar surface area (TPSA) is 79.7 Å². The van der Waals surface area contributed by atoms with Crippen LogP contribution in [0.15, 0.2) is 54.7 Å². The van der Waals surface area contributed by atoms with Crippen molar-refractivity contribution in [3.05, 3.63) is 81.6 Å². The minimum atomic E-state index is -0.233. The number of fused-ring (bicyclic) bond motifs is 1. The zero-order valence-corrected chi connectivity index (χ0v) is 22.8. The summed E-state index contributed by atoms with van der Waals surface area (Å²) < 4.78 is 7.96. The van der Waals surface area contributed by atoms with Gasteiger partial charge < -0.3 is 24.4 Å². The van der Waals surface area contributed by atoms with Crippen LogP contribution in [0.4, 0.5) is 5.69 Å². The van der Waals surface area contributed by atoms with Crippen LogP contribution in [0.5, 0.6) is 11.6 Å². The van der Waals surface area contributed by atoms with Gasteiger partial charge in [0.2, 0.25) is 5.88 Å². The van der Waals surface area contributed by atoms with Crippen LogP contribution in [0.25, 0.3) is 10.9 Å². The van der Waals surface area contributed by atoms with E-state index >= 15 is 0 Å². The second-order valence-corrected chi connectivity index (χ2v) is 10.1. The fraction of sp³-hybridized carbons (Fsp3) is 0.250. The summed E-state index contributed by atoms with van der Waals surface area (Å²) in [6, 6.07) is 14.1. The number of aryl methyl sites for hydroxylation is 2. The van der Waals surface area contributed by atoms with E-state index in [-0.39, 0.29) is 11.8 Å². The molecular formula is C28H27Cl2N5O3. The van der Waals surface area contributed by atoms with Crippen molar-refractivity contribution in [2.45, 2.75) is 6.92 Å². The van der Waals surface area contributed by atoms with Gasteiger partial charge in [0.15, 0.2) is 0 Å². The summed E-state index contributed by atoms with van der Waals surface area (Å²) in [5.74, 6) is 0.793. The summed E-state index contributed by atoms with van der Waals surface area (Å²) in [7, 11) is 3.58. The normalized spacial score (nSPS) is 13.6. The number of pyridine rings is 1. The highest BCUT2D eigenvalue weighted by Crippen LogP contribution is 2.30. The Kier molecular flexibility index (Phi) is 7.29. The SMILES string of the molecule is Cc1cc(Oc2ccc3c(c2)cc(C(=O)N2CCNCC2)n3C)ncc1N(C)C(=O)c1ccc(Cl)c(Cl)c1. The van der Waals surface area contributed by atoms with Crippen molar-refractivity contribution >= 4 is 51.6 Å². The lowest BCUT2D eigenvalue weighted by molar-refractivity contribution is 0.0726.